The average Bonchev–Trinajstić information content (AvgIpc) is 0.782. The average molecular weight is 1930 g/mol. The summed E-state index contributed by atoms with van der Waals surface area (Å²) in [6.45, 7) is 4.21. The van der Waals surface area contributed by atoms with Gasteiger partial charge in [-0.3, -0.25) is 28.5 Å². The Morgan fingerprint density at radius 3 is 1.01 bits per heavy atom. The van der Waals surface area contributed by atoms with E-state index in [4.69, 9.17) is 44.2 Å². The molecule has 0 aliphatic heterocycles. The van der Waals surface area contributed by atoms with E-state index in [1.165, 1.54) is 18.3 Å². The third-order valence-electron chi connectivity index (χ3n) is 22.0. The molecule has 0 saturated heterocycles. The summed E-state index contributed by atoms with van der Waals surface area (Å²) in [5.74, 6) is -1.20. The summed E-state index contributed by atoms with van der Waals surface area (Å²) in [6, 6.07) is 82.1. The summed E-state index contributed by atoms with van der Waals surface area (Å²) in [5, 5.41) is 57.4. The number of pyridine rings is 5. The molecular formula is C103H73ClN6O21S5. The highest BCUT2D eigenvalue weighted by molar-refractivity contribution is 8.00. The molecule has 0 saturated carbocycles. The number of anilines is 1. The van der Waals surface area contributed by atoms with Crippen LogP contribution < -0.4 is 66.4 Å². The molecule has 0 aliphatic carbocycles. The maximum Gasteiger partial charge on any atom is 0.354 e. The number of aryl methyl sites for hydroxylation is 5. The van der Waals surface area contributed by atoms with Crippen LogP contribution in [0.15, 0.2) is 398 Å². The van der Waals surface area contributed by atoms with Crippen molar-refractivity contribution < 1.29 is 52.4 Å². The van der Waals surface area contributed by atoms with Crippen LogP contribution in [-0.2, 0) is 27.7 Å². The molecule has 33 heteroatoms. The number of ether oxygens (including phenoxy) is 1. The molecule has 0 amide bonds. The summed E-state index contributed by atoms with van der Waals surface area (Å²) in [6.07, 6.45) is 0. The second-order valence-electron chi connectivity index (χ2n) is 30.4. The van der Waals surface area contributed by atoms with Crippen LogP contribution in [0.4, 0.5) is 5.69 Å². The van der Waals surface area contributed by atoms with E-state index in [2.05, 4.69) is 0 Å². The van der Waals surface area contributed by atoms with Gasteiger partial charge in [-0.05, 0) is 172 Å². The molecule has 27 nitrogen and oxygen atoms in total. The number of nitrogens with two attached hydrogens (primary N) is 1. The largest absolute Gasteiger partial charge is 0.505 e. The van der Waals surface area contributed by atoms with Gasteiger partial charge in [-0.15, -0.1) is 0 Å². The van der Waals surface area contributed by atoms with Crippen LogP contribution in [0.25, 0.3) is 115 Å². The van der Waals surface area contributed by atoms with E-state index in [9.17, 15) is 73.5 Å². The number of methoxy groups -OCH3 is 1. The first-order chi connectivity index (χ1) is 65.6. The normalized spacial score (nSPS) is 11.3. The van der Waals surface area contributed by atoms with Gasteiger partial charge in [0.15, 0.2) is 56.7 Å². The molecule has 7 N–H and O–H groups in total. The number of hydrogen-bond donors (Lipinski definition) is 6. The van der Waals surface area contributed by atoms with E-state index in [1.54, 1.807) is 239 Å². The Morgan fingerprint density at radius 1 is 0.324 bits per heavy atom. The number of aromatic hydroxyl groups is 5. The Hall–Kier alpha value is -15.8. The van der Waals surface area contributed by atoms with Crippen molar-refractivity contribution in [2.75, 3.05) is 12.8 Å². The molecule has 136 heavy (non-hydrogen) atoms. The van der Waals surface area contributed by atoms with Crippen molar-refractivity contribution >= 4 is 185 Å². The van der Waals surface area contributed by atoms with Crippen LogP contribution in [0.3, 0.4) is 0 Å². The number of nitrogens with zero attached hydrogens (tertiary/aromatic N) is 5. The monoisotopic (exact) mass is 1920 g/mol. The Labute approximate surface area is 792 Å². The van der Waals surface area contributed by atoms with Gasteiger partial charge in [0.1, 0.15) is 57.2 Å². The number of fused-ring (bicyclic) bond motifs is 15. The molecule has 10 heterocycles. The van der Waals surface area contributed by atoms with Gasteiger partial charge in [-0.25, -0.2) is 24.0 Å². The standard InChI is InChI=1S/C24H16N2O4S.C20H14ClNO4S.C20H15NO5S.C20H15NO4S.C19H13NO4S/c25-14-10-12-16(13-11-14)31-22-20(27)19-21(30-24(22)29)17-8-4-5-9-18(17)26(23(19)28)15-6-2-1-3-7-15;1-2-22-14-9-4-3-8-13(14)17-15(19(22)24)16(23)18(20(25)26-17)27-12-7-5-6-11(21)10-12;1-21-14-9-4-3-8-13(14)17-15(19(21)23)16(22)18(20(24)26-17)27-12-7-5-6-11(10-12)25-2;1-11-6-5-7-12(10-11)26-18-16(22)15-17(25-20(18)24)13-8-3-4-9-14(13)21(2)19(15)23;1-20-13-10-6-5-9-12(13)16-14(18(20)22)15(21)17(19(23)24-16)25-11-7-3-2-4-8-11/h1-13,27H,25H2;3-10,23H,2H2,1H3;3-10,22H,1-2H3;3-10,22H,1-2H3;2-10,21H,1H3. The maximum atomic E-state index is 13.5. The van der Waals surface area contributed by atoms with Crippen molar-refractivity contribution in [2.24, 2.45) is 21.1 Å². The minimum atomic E-state index is -0.714. The Balaban J connectivity index is 0.000000118. The molecule has 0 fully saturated rings. The van der Waals surface area contributed by atoms with Gasteiger partial charge < -0.3 is 76.4 Å². The zero-order valence-corrected chi connectivity index (χ0v) is 77.1. The van der Waals surface area contributed by atoms with Crippen molar-refractivity contribution in [1.82, 2.24) is 22.8 Å². The Kier molecular flexibility index (Phi) is 26.2. The van der Waals surface area contributed by atoms with Crippen LogP contribution in [0.1, 0.15) is 12.5 Å². The van der Waals surface area contributed by atoms with Gasteiger partial charge in [0.05, 0.1) is 34.7 Å². The fraction of sp³-hybridized carbons (Fsp3) is 0.0680. The molecule has 678 valence electrons. The van der Waals surface area contributed by atoms with Crippen LogP contribution >= 0.6 is 70.4 Å². The van der Waals surface area contributed by atoms with Crippen molar-refractivity contribution in [2.45, 2.75) is 69.3 Å². The molecule has 0 atom stereocenters. The van der Waals surface area contributed by atoms with Gasteiger partial charge in [0.25, 0.3) is 27.8 Å². The lowest BCUT2D eigenvalue weighted by Crippen LogP contribution is -2.21. The predicted octanol–water partition coefficient (Wildman–Crippen LogP) is 20.0. The van der Waals surface area contributed by atoms with Crippen LogP contribution in [0, 0.1) is 6.92 Å². The minimum Gasteiger partial charge on any atom is -0.505 e. The second-order valence-corrected chi connectivity index (χ2v) is 36.3. The van der Waals surface area contributed by atoms with Crippen LogP contribution in [-0.4, -0.2) is 55.5 Å². The number of aromatic nitrogens is 5. The van der Waals surface area contributed by atoms with Crippen LogP contribution in [0.2, 0.25) is 5.02 Å². The highest BCUT2D eigenvalue weighted by Gasteiger charge is 2.29. The molecule has 21 aromatic rings. The fourth-order valence-corrected chi connectivity index (χ4v) is 20.2. The molecule has 21 rings (SSSR count). The topological polar surface area (TPSA) is 397 Å². The first kappa shape index (κ1) is 92.0. The van der Waals surface area contributed by atoms with Gasteiger partial charge in [-0.1, -0.05) is 197 Å². The van der Waals surface area contributed by atoms with E-state index in [1.807, 2.05) is 86.6 Å². The first-order valence-corrected chi connectivity index (χ1v) is 45.9. The third kappa shape index (κ3) is 17.6. The zero-order chi connectivity index (χ0) is 95.8. The summed E-state index contributed by atoms with van der Waals surface area (Å²) >= 11 is 11.2. The highest BCUT2D eigenvalue weighted by Crippen LogP contribution is 2.44. The van der Waals surface area contributed by atoms with Gasteiger partial charge >= 0.3 is 28.1 Å². The molecule has 0 spiro atoms. The molecular weight excluding hydrogens is 1850 g/mol. The third-order valence-corrected chi connectivity index (χ3v) is 27.5. The van der Waals surface area contributed by atoms with E-state index in [0.29, 0.717) is 97.9 Å². The number of hydrogen-bond acceptors (Lipinski definition) is 27. The van der Waals surface area contributed by atoms with E-state index in [-0.39, 0.29) is 102 Å². The van der Waals surface area contributed by atoms with E-state index >= 15 is 0 Å². The van der Waals surface area contributed by atoms with E-state index < -0.39 is 61.7 Å². The highest BCUT2D eigenvalue weighted by atomic mass is 35.5. The SMILES string of the molecule is CCn1c(=O)c2c(O)c(Sc3cccc(Cl)c3)c(=O)oc2c2ccccc21.COc1cccc(Sc2c(O)c3c(=O)n(C)c4ccccc4c3oc2=O)c1.Cc1cccc(Sc2c(O)c3c(=O)n(C)c4ccccc4c3oc2=O)c1.Cn1c(=O)c2c(O)c(Sc3ccccc3)c(=O)oc2c2ccccc21.Nc1ccc(Sc2c(O)c3c(=O)n(-c4ccccc4)c4ccccc4c3oc2=O)cc1. The molecule has 0 bridgehead atoms. The number of benzene rings is 11. The number of halogens is 1. The number of rotatable bonds is 13. The summed E-state index contributed by atoms with van der Waals surface area (Å²) < 4.78 is 40.0. The Morgan fingerprint density at radius 2 is 0.625 bits per heavy atom. The summed E-state index contributed by atoms with van der Waals surface area (Å²) in [4.78, 5) is 131. The van der Waals surface area contributed by atoms with Crippen molar-refractivity contribution in [3.63, 3.8) is 0 Å². The minimum absolute atomic E-state index is 0.000298. The van der Waals surface area contributed by atoms with Crippen molar-refractivity contribution in [3.05, 3.63) is 394 Å². The van der Waals surface area contributed by atoms with Crippen molar-refractivity contribution in [3.8, 4) is 40.2 Å². The molecule has 0 aliphatic rings. The molecule has 0 radical (unpaired) electrons. The lowest BCUT2D eigenvalue weighted by atomic mass is 10.1. The maximum absolute atomic E-state index is 13.5. The van der Waals surface area contributed by atoms with E-state index in [0.717, 1.165) is 74.2 Å². The summed E-state index contributed by atoms with van der Waals surface area (Å²) in [5.41, 5.74) is 5.95. The molecule has 11 aromatic carbocycles. The van der Waals surface area contributed by atoms with Gasteiger partial charge in [-0.2, -0.15) is 0 Å². The predicted molar refractivity (Wildman–Crippen MR) is 533 cm³/mol. The smallest absolute Gasteiger partial charge is 0.354 e. The lowest BCUT2D eigenvalue weighted by molar-refractivity contribution is 0.413. The first-order valence-electron chi connectivity index (χ1n) is 41.4. The van der Waals surface area contributed by atoms with Gasteiger partial charge in [0, 0.05) is 95.5 Å². The quantitative estimate of drug-likeness (QED) is 0.0461. The van der Waals surface area contributed by atoms with Crippen LogP contribution in [0.5, 0.6) is 34.5 Å². The van der Waals surface area contributed by atoms with Gasteiger partial charge in [0.2, 0.25) is 0 Å². The summed E-state index contributed by atoms with van der Waals surface area (Å²) in [7, 11) is 6.41. The molecule has 0 unspecified atom stereocenters. The number of nitrogen functional groups attached to an aromatic ring is 1. The fourth-order valence-electron chi connectivity index (χ4n) is 15.5. The molecule has 10 aromatic heterocycles. The van der Waals surface area contributed by atoms with Crippen molar-refractivity contribution in [1.29, 1.82) is 0 Å². The second kappa shape index (κ2) is 38.8. The zero-order valence-electron chi connectivity index (χ0n) is 72.3. The lowest BCUT2D eigenvalue weighted by Gasteiger charge is -2.14. The number of para-hydroxylation sites is 6. The Bertz CT molecular complexity index is 9120.